The van der Waals surface area contributed by atoms with Crippen LogP contribution in [-0.2, 0) is 30.4 Å². The Kier molecular flexibility index (Phi) is 15.4. The lowest BCUT2D eigenvalue weighted by molar-refractivity contribution is -0.142. The van der Waals surface area contributed by atoms with E-state index in [9.17, 15) is 29.1 Å². The van der Waals surface area contributed by atoms with Crippen molar-refractivity contribution in [2.45, 2.75) is 69.1 Å². The van der Waals surface area contributed by atoms with Gasteiger partial charge >= 0.3 is 5.97 Å². The smallest absolute Gasteiger partial charge is 0.326 e. The Balaban J connectivity index is 3.07. The zero-order valence-electron chi connectivity index (χ0n) is 23.1. The van der Waals surface area contributed by atoms with Crippen molar-refractivity contribution >= 4 is 41.5 Å². The van der Waals surface area contributed by atoms with Gasteiger partial charge in [0, 0.05) is 37.8 Å². The number of rotatable bonds is 20. The molecular formula is C23H41N13O6. The Hall–Kier alpha value is -4.94. The second-order valence-corrected chi connectivity index (χ2v) is 9.31. The molecule has 0 saturated heterocycles. The van der Waals surface area contributed by atoms with Gasteiger partial charge in [-0.3, -0.25) is 29.2 Å². The summed E-state index contributed by atoms with van der Waals surface area (Å²) in [6, 6.07) is -4.88. The van der Waals surface area contributed by atoms with Crippen molar-refractivity contribution in [1.29, 1.82) is 0 Å². The minimum atomic E-state index is -1.44. The summed E-state index contributed by atoms with van der Waals surface area (Å²) >= 11 is 0. The van der Waals surface area contributed by atoms with Crippen LogP contribution in [-0.4, -0.2) is 93.8 Å². The standard InChI is InChI=1S/C23H41N13O6/c24-13(3-1-7-31-22(26)27)18(38)36-16(9-12-10-30-11-33-12)20(40)34-14(4-2-8-32-23(28)29)19(39)35-15(21(41)42)5-6-17(25)37/h10-11,13-16H,1-9,24H2,(H2,25,37)(H,30,33)(H,34,40)(H,35,39)(H,36,38)(H,41,42)(H4,26,27,31)(H4,28,29,32). The van der Waals surface area contributed by atoms with Gasteiger partial charge in [0.15, 0.2) is 11.9 Å². The fraction of sp³-hybridized carbons (Fsp3) is 0.565. The molecule has 1 rings (SSSR count). The van der Waals surface area contributed by atoms with Crippen LogP contribution < -0.4 is 50.4 Å². The maximum absolute atomic E-state index is 13.4. The zero-order chi connectivity index (χ0) is 31.7. The van der Waals surface area contributed by atoms with Crippen LogP contribution in [0.4, 0.5) is 0 Å². The lowest BCUT2D eigenvalue weighted by Gasteiger charge is -2.25. The monoisotopic (exact) mass is 595 g/mol. The molecule has 19 nitrogen and oxygen atoms in total. The summed E-state index contributed by atoms with van der Waals surface area (Å²) in [4.78, 5) is 76.4. The van der Waals surface area contributed by atoms with Crippen molar-refractivity contribution in [1.82, 2.24) is 25.9 Å². The van der Waals surface area contributed by atoms with Gasteiger partial charge in [-0.15, -0.1) is 0 Å². The number of aliphatic imine (C=N–C) groups is 2. The normalized spacial score (nSPS) is 13.5. The van der Waals surface area contributed by atoms with Crippen molar-refractivity contribution in [3.05, 3.63) is 18.2 Å². The largest absolute Gasteiger partial charge is 0.480 e. The molecule has 0 fully saturated rings. The third-order valence-electron chi connectivity index (χ3n) is 5.79. The fourth-order valence-electron chi connectivity index (χ4n) is 3.62. The first kappa shape index (κ1) is 35.1. The Bertz CT molecular complexity index is 1100. The second kappa shape index (κ2) is 18.4. The van der Waals surface area contributed by atoms with Gasteiger partial charge in [0.25, 0.3) is 0 Å². The number of guanidine groups is 2. The van der Waals surface area contributed by atoms with E-state index in [4.69, 9.17) is 34.4 Å². The molecule has 4 atom stereocenters. The van der Waals surface area contributed by atoms with Gasteiger partial charge < -0.3 is 60.4 Å². The maximum Gasteiger partial charge on any atom is 0.326 e. The van der Waals surface area contributed by atoms with E-state index in [-0.39, 0.29) is 63.5 Å². The lowest BCUT2D eigenvalue weighted by Crippen LogP contribution is -2.57. The molecule has 4 unspecified atom stereocenters. The first-order valence-electron chi connectivity index (χ1n) is 13.1. The van der Waals surface area contributed by atoms with Gasteiger partial charge in [-0.1, -0.05) is 0 Å². The molecule has 1 aromatic heterocycles. The van der Waals surface area contributed by atoms with Crippen LogP contribution in [0.1, 0.15) is 44.2 Å². The quantitative estimate of drug-likeness (QED) is 0.0384. The van der Waals surface area contributed by atoms with Crippen molar-refractivity contribution in [3.8, 4) is 0 Å². The summed E-state index contributed by atoms with van der Waals surface area (Å²) in [7, 11) is 0. The minimum absolute atomic E-state index is 0.00550. The molecule has 17 N–H and O–H groups in total. The number of aromatic nitrogens is 2. The van der Waals surface area contributed by atoms with E-state index in [1.807, 2.05) is 0 Å². The summed E-state index contributed by atoms with van der Waals surface area (Å²) in [6.45, 7) is 0.379. The van der Waals surface area contributed by atoms with Gasteiger partial charge in [0.05, 0.1) is 12.4 Å². The van der Waals surface area contributed by atoms with Crippen molar-refractivity contribution in [2.75, 3.05) is 13.1 Å². The number of amides is 4. The topological polar surface area (TPSA) is 351 Å². The highest BCUT2D eigenvalue weighted by Crippen LogP contribution is 2.06. The van der Waals surface area contributed by atoms with E-state index in [0.29, 0.717) is 12.1 Å². The molecule has 42 heavy (non-hydrogen) atoms. The van der Waals surface area contributed by atoms with Gasteiger partial charge in [-0.25, -0.2) is 9.78 Å². The van der Waals surface area contributed by atoms with Crippen molar-refractivity contribution in [3.63, 3.8) is 0 Å². The summed E-state index contributed by atoms with van der Waals surface area (Å²) in [5.41, 5.74) is 32.8. The zero-order valence-corrected chi connectivity index (χ0v) is 23.1. The SMILES string of the molecule is NC(=O)CCC(NC(=O)C(CCCN=C(N)N)NC(=O)C(Cc1cnc[nH]1)NC(=O)C(N)CCCN=C(N)N)C(=O)O. The number of carbonyl (C=O) groups is 5. The molecule has 0 aliphatic carbocycles. The van der Waals surface area contributed by atoms with Crippen LogP contribution in [0, 0.1) is 0 Å². The van der Waals surface area contributed by atoms with Crippen LogP contribution in [0.25, 0.3) is 0 Å². The average Bonchev–Trinajstić information content (AvgIpc) is 3.42. The highest BCUT2D eigenvalue weighted by molar-refractivity contribution is 5.94. The highest BCUT2D eigenvalue weighted by Gasteiger charge is 2.30. The molecule has 0 radical (unpaired) electrons. The van der Waals surface area contributed by atoms with Gasteiger partial charge in [0.1, 0.15) is 18.1 Å². The Morgan fingerprint density at radius 2 is 1.36 bits per heavy atom. The number of H-pyrrole nitrogens is 1. The molecule has 0 saturated carbocycles. The molecule has 0 bridgehead atoms. The van der Waals surface area contributed by atoms with Crippen LogP contribution in [0.3, 0.4) is 0 Å². The molecule has 1 heterocycles. The molecule has 0 aromatic carbocycles. The first-order valence-corrected chi connectivity index (χ1v) is 13.1. The number of nitrogens with one attached hydrogen (secondary N) is 4. The molecule has 1 aromatic rings. The van der Waals surface area contributed by atoms with Gasteiger partial charge in [0.2, 0.25) is 23.6 Å². The van der Waals surface area contributed by atoms with Gasteiger partial charge in [-0.05, 0) is 32.1 Å². The number of nitrogens with two attached hydrogens (primary N) is 6. The van der Waals surface area contributed by atoms with E-state index < -0.39 is 53.8 Å². The highest BCUT2D eigenvalue weighted by atomic mass is 16.4. The van der Waals surface area contributed by atoms with E-state index in [2.05, 4.69) is 35.9 Å². The molecule has 0 spiro atoms. The number of carboxylic acid groups (broad SMARTS) is 1. The number of hydrogen-bond acceptors (Lipinski definition) is 9. The van der Waals surface area contributed by atoms with Crippen LogP contribution >= 0.6 is 0 Å². The summed E-state index contributed by atoms with van der Waals surface area (Å²) in [6.07, 6.45) is 3.13. The van der Waals surface area contributed by atoms with E-state index >= 15 is 0 Å². The molecule has 19 heteroatoms. The number of aromatic amines is 1. The molecular weight excluding hydrogens is 554 g/mol. The third kappa shape index (κ3) is 14.4. The Labute approximate surface area is 241 Å². The first-order chi connectivity index (χ1) is 19.8. The Morgan fingerprint density at radius 1 is 0.810 bits per heavy atom. The van der Waals surface area contributed by atoms with Crippen molar-refractivity contribution in [2.24, 2.45) is 44.4 Å². The maximum atomic E-state index is 13.4. The predicted molar refractivity (Wildman–Crippen MR) is 152 cm³/mol. The van der Waals surface area contributed by atoms with Gasteiger partial charge in [-0.2, -0.15) is 0 Å². The lowest BCUT2D eigenvalue weighted by atomic mass is 10.1. The van der Waals surface area contributed by atoms with Crippen LogP contribution in [0.2, 0.25) is 0 Å². The summed E-state index contributed by atoms with van der Waals surface area (Å²) < 4.78 is 0. The molecule has 0 aliphatic rings. The molecule has 0 aliphatic heterocycles. The van der Waals surface area contributed by atoms with E-state index in [1.165, 1.54) is 12.5 Å². The Morgan fingerprint density at radius 3 is 1.88 bits per heavy atom. The summed E-state index contributed by atoms with van der Waals surface area (Å²) in [5.74, 6) is -4.63. The predicted octanol–water partition coefficient (Wildman–Crippen LogP) is -4.81. The number of hydrogen-bond donors (Lipinski definition) is 11. The van der Waals surface area contributed by atoms with E-state index in [1.54, 1.807) is 0 Å². The molecule has 4 amide bonds. The van der Waals surface area contributed by atoms with Crippen LogP contribution in [0.15, 0.2) is 22.5 Å². The number of imidazole rings is 1. The minimum Gasteiger partial charge on any atom is -0.480 e. The number of carbonyl (C=O) groups excluding carboxylic acids is 4. The molecule has 234 valence electrons. The van der Waals surface area contributed by atoms with E-state index in [0.717, 1.165) is 0 Å². The number of aliphatic carboxylic acids is 1. The number of nitrogens with zero attached hydrogens (tertiary/aromatic N) is 3. The number of carboxylic acids is 1. The average molecular weight is 596 g/mol. The fourth-order valence-corrected chi connectivity index (χ4v) is 3.62. The van der Waals surface area contributed by atoms with Crippen molar-refractivity contribution < 1.29 is 29.1 Å². The number of primary amides is 1. The van der Waals surface area contributed by atoms with Crippen LogP contribution in [0.5, 0.6) is 0 Å². The summed E-state index contributed by atoms with van der Waals surface area (Å²) in [5, 5.41) is 16.9. The third-order valence-corrected chi connectivity index (χ3v) is 5.79. The second-order valence-electron chi connectivity index (χ2n) is 9.31.